The molecule has 1 atom stereocenters. The minimum atomic E-state index is -0.353. The van der Waals surface area contributed by atoms with Gasteiger partial charge in [-0.3, -0.25) is 19.0 Å². The van der Waals surface area contributed by atoms with Crippen LogP contribution in [0.15, 0.2) is 28.2 Å². The first-order valence-corrected chi connectivity index (χ1v) is 12.2. The Morgan fingerprint density at radius 2 is 2.16 bits per heavy atom. The van der Waals surface area contributed by atoms with Crippen molar-refractivity contribution in [2.24, 2.45) is 0 Å². The molecule has 1 N–H and O–H groups in total. The number of hydrogen-bond acceptors (Lipinski definition) is 7. The molecule has 0 spiro atoms. The van der Waals surface area contributed by atoms with Gasteiger partial charge in [-0.2, -0.15) is 0 Å². The van der Waals surface area contributed by atoms with Gasteiger partial charge >= 0.3 is 5.97 Å². The summed E-state index contributed by atoms with van der Waals surface area (Å²) in [6, 6.07) is 4.94. The molecular formula is C23H31N3O5S. The largest absolute Gasteiger partial charge is 0.465 e. The van der Waals surface area contributed by atoms with Crippen LogP contribution in [-0.4, -0.2) is 53.0 Å². The van der Waals surface area contributed by atoms with Crippen molar-refractivity contribution in [3.63, 3.8) is 0 Å². The van der Waals surface area contributed by atoms with Crippen molar-refractivity contribution in [2.75, 3.05) is 25.5 Å². The standard InChI is InChI=1S/C23H31N3O5S/c1-3-5-6-11-26-22(29)18-10-9-16(21(28)24-14-17-8-7-12-31-17)13-19(18)25-23(26)32-15-20(27)30-4-2/h9-10,13,17H,3-8,11-12,14-15H2,1-2H3,(H,24,28)/t17-/m0/s1. The first-order chi connectivity index (χ1) is 15.5. The Balaban J connectivity index is 1.85. The van der Waals surface area contributed by atoms with Gasteiger partial charge < -0.3 is 14.8 Å². The number of fused-ring (bicyclic) bond motifs is 1. The monoisotopic (exact) mass is 461 g/mol. The molecule has 0 saturated carbocycles. The lowest BCUT2D eigenvalue weighted by atomic mass is 10.1. The van der Waals surface area contributed by atoms with Gasteiger partial charge in [-0.05, 0) is 44.4 Å². The van der Waals surface area contributed by atoms with Crippen LogP contribution in [0, 0.1) is 0 Å². The number of ether oxygens (including phenoxy) is 2. The third-order valence-electron chi connectivity index (χ3n) is 5.31. The van der Waals surface area contributed by atoms with Gasteiger partial charge in [0, 0.05) is 25.3 Å². The Morgan fingerprint density at radius 1 is 1.31 bits per heavy atom. The fraction of sp³-hybridized carbons (Fsp3) is 0.565. The molecule has 1 fully saturated rings. The highest BCUT2D eigenvalue weighted by Crippen LogP contribution is 2.20. The van der Waals surface area contributed by atoms with Crippen molar-refractivity contribution in [2.45, 2.75) is 63.8 Å². The summed E-state index contributed by atoms with van der Waals surface area (Å²) in [4.78, 5) is 42.3. The first kappa shape index (κ1) is 24.3. The number of nitrogens with one attached hydrogen (secondary N) is 1. The van der Waals surface area contributed by atoms with Crippen LogP contribution in [0.3, 0.4) is 0 Å². The molecule has 0 radical (unpaired) electrons. The summed E-state index contributed by atoms with van der Waals surface area (Å²) in [7, 11) is 0. The SMILES string of the molecule is CCCCCn1c(SCC(=O)OCC)nc2cc(C(=O)NC[C@@H]3CCCO3)ccc2c1=O. The smallest absolute Gasteiger partial charge is 0.316 e. The molecule has 174 valence electrons. The predicted molar refractivity (Wildman–Crippen MR) is 124 cm³/mol. The maximum atomic E-state index is 13.2. The van der Waals surface area contributed by atoms with E-state index in [1.807, 2.05) is 0 Å². The lowest BCUT2D eigenvalue weighted by Gasteiger charge is -2.14. The average Bonchev–Trinajstić information content (AvgIpc) is 3.31. The number of rotatable bonds is 11. The zero-order chi connectivity index (χ0) is 22.9. The van der Waals surface area contributed by atoms with Crippen molar-refractivity contribution in [3.8, 4) is 0 Å². The molecular weight excluding hydrogens is 430 g/mol. The molecule has 3 rings (SSSR count). The van der Waals surface area contributed by atoms with E-state index in [9.17, 15) is 14.4 Å². The third kappa shape index (κ3) is 6.32. The van der Waals surface area contributed by atoms with E-state index in [0.29, 0.717) is 41.3 Å². The van der Waals surface area contributed by atoms with Gasteiger partial charge in [-0.15, -0.1) is 0 Å². The summed E-state index contributed by atoms with van der Waals surface area (Å²) in [6.07, 6.45) is 4.89. The third-order valence-corrected chi connectivity index (χ3v) is 6.26. The molecule has 1 aliphatic heterocycles. The maximum absolute atomic E-state index is 13.2. The molecule has 9 heteroatoms. The topological polar surface area (TPSA) is 99.5 Å². The second kappa shape index (κ2) is 12.0. The lowest BCUT2D eigenvalue weighted by molar-refractivity contribution is -0.139. The molecule has 0 bridgehead atoms. The second-order valence-electron chi connectivity index (χ2n) is 7.73. The molecule has 2 heterocycles. The van der Waals surface area contributed by atoms with Crippen LogP contribution in [-0.2, 0) is 20.8 Å². The highest BCUT2D eigenvalue weighted by molar-refractivity contribution is 7.99. The van der Waals surface area contributed by atoms with E-state index in [1.165, 1.54) is 11.8 Å². The molecule has 1 aromatic carbocycles. The molecule has 32 heavy (non-hydrogen) atoms. The van der Waals surface area contributed by atoms with E-state index in [0.717, 1.165) is 38.7 Å². The van der Waals surface area contributed by atoms with Crippen molar-refractivity contribution in [1.29, 1.82) is 0 Å². The van der Waals surface area contributed by atoms with Crippen LogP contribution in [0.25, 0.3) is 10.9 Å². The van der Waals surface area contributed by atoms with E-state index >= 15 is 0 Å². The highest BCUT2D eigenvalue weighted by atomic mass is 32.2. The number of carbonyl (C=O) groups is 2. The normalized spacial score (nSPS) is 15.8. The molecule has 1 amide bonds. The van der Waals surface area contributed by atoms with Gasteiger partial charge in [0.2, 0.25) is 0 Å². The number of hydrogen-bond donors (Lipinski definition) is 1. The number of carbonyl (C=O) groups excluding carboxylic acids is 2. The zero-order valence-electron chi connectivity index (χ0n) is 18.7. The van der Waals surface area contributed by atoms with E-state index in [1.54, 1.807) is 29.7 Å². The first-order valence-electron chi connectivity index (χ1n) is 11.3. The van der Waals surface area contributed by atoms with Crippen molar-refractivity contribution >= 4 is 34.5 Å². The van der Waals surface area contributed by atoms with Crippen LogP contribution in [0.2, 0.25) is 0 Å². The number of unbranched alkanes of at least 4 members (excludes halogenated alkanes) is 2. The van der Waals surface area contributed by atoms with Crippen LogP contribution in [0.5, 0.6) is 0 Å². The van der Waals surface area contributed by atoms with Gasteiger partial charge in [0.25, 0.3) is 11.5 Å². The van der Waals surface area contributed by atoms with Crippen LogP contribution < -0.4 is 10.9 Å². The number of amides is 1. The van der Waals surface area contributed by atoms with Crippen molar-refractivity contribution in [1.82, 2.24) is 14.9 Å². The number of benzene rings is 1. The number of aromatic nitrogens is 2. The summed E-state index contributed by atoms with van der Waals surface area (Å²) in [6.45, 7) is 5.88. The van der Waals surface area contributed by atoms with E-state index in [2.05, 4.69) is 17.2 Å². The fourth-order valence-electron chi connectivity index (χ4n) is 3.61. The molecule has 0 unspecified atom stereocenters. The maximum Gasteiger partial charge on any atom is 0.316 e. The number of esters is 1. The van der Waals surface area contributed by atoms with Gasteiger partial charge in [-0.1, -0.05) is 31.5 Å². The summed E-state index contributed by atoms with van der Waals surface area (Å²) in [5, 5.41) is 3.81. The van der Waals surface area contributed by atoms with E-state index in [4.69, 9.17) is 9.47 Å². The van der Waals surface area contributed by atoms with Crippen molar-refractivity contribution < 1.29 is 19.1 Å². The Kier molecular flexibility index (Phi) is 9.11. The van der Waals surface area contributed by atoms with Gasteiger partial charge in [0.05, 0.1) is 29.4 Å². The second-order valence-corrected chi connectivity index (χ2v) is 8.67. The molecule has 8 nitrogen and oxygen atoms in total. The quantitative estimate of drug-likeness (QED) is 0.237. The highest BCUT2D eigenvalue weighted by Gasteiger charge is 2.18. The molecule has 1 aliphatic rings. The summed E-state index contributed by atoms with van der Waals surface area (Å²) in [5.74, 6) is -0.507. The Bertz CT molecular complexity index is 1000. The van der Waals surface area contributed by atoms with Gasteiger partial charge in [0.1, 0.15) is 0 Å². The minimum absolute atomic E-state index is 0.0544. The van der Waals surface area contributed by atoms with Crippen LogP contribution in [0.1, 0.15) is 56.3 Å². The zero-order valence-corrected chi connectivity index (χ0v) is 19.5. The Morgan fingerprint density at radius 3 is 2.88 bits per heavy atom. The summed E-state index contributed by atoms with van der Waals surface area (Å²) < 4.78 is 12.2. The lowest BCUT2D eigenvalue weighted by Crippen LogP contribution is -2.31. The molecule has 2 aromatic rings. The number of thioether (sulfide) groups is 1. The Hall–Kier alpha value is -2.39. The van der Waals surface area contributed by atoms with E-state index in [-0.39, 0.29) is 29.3 Å². The van der Waals surface area contributed by atoms with E-state index < -0.39 is 0 Å². The molecule has 1 aromatic heterocycles. The summed E-state index contributed by atoms with van der Waals surface area (Å²) >= 11 is 1.18. The van der Waals surface area contributed by atoms with Crippen LogP contribution >= 0.6 is 11.8 Å². The minimum Gasteiger partial charge on any atom is -0.465 e. The van der Waals surface area contributed by atoms with Crippen LogP contribution in [0.4, 0.5) is 0 Å². The summed E-state index contributed by atoms with van der Waals surface area (Å²) in [5.41, 5.74) is 0.717. The van der Waals surface area contributed by atoms with Gasteiger partial charge in [-0.25, -0.2) is 4.98 Å². The fourth-order valence-corrected chi connectivity index (χ4v) is 4.43. The Labute approximate surface area is 192 Å². The molecule has 1 saturated heterocycles. The molecule has 0 aliphatic carbocycles. The number of nitrogens with zero attached hydrogens (tertiary/aromatic N) is 2. The predicted octanol–water partition coefficient (Wildman–Crippen LogP) is 3.15. The van der Waals surface area contributed by atoms with Crippen molar-refractivity contribution in [3.05, 3.63) is 34.1 Å². The average molecular weight is 462 g/mol. The van der Waals surface area contributed by atoms with Gasteiger partial charge in [0.15, 0.2) is 5.16 Å².